The maximum Gasteiger partial charge on any atom is 0.340 e. The van der Waals surface area contributed by atoms with Crippen molar-refractivity contribution in [2.45, 2.75) is 26.8 Å². The summed E-state index contributed by atoms with van der Waals surface area (Å²) in [7, 11) is 4.60. The van der Waals surface area contributed by atoms with E-state index in [1.54, 1.807) is 33.3 Å². The minimum Gasteiger partial charge on any atom is -0.494 e. The Bertz CT molecular complexity index is 1200. The van der Waals surface area contributed by atoms with Gasteiger partial charge in [-0.25, -0.2) is 9.18 Å². The lowest BCUT2D eigenvalue weighted by atomic mass is 9.93. The molecular weight excluding hydrogens is 413 g/mol. The SMILES string of the molecule is CCOC(=O)c1c(-c2ccc(F)c(OC)c2)c(C)n2c1-c1cc(OC)c(OC)cc1CC2. The van der Waals surface area contributed by atoms with Crippen LogP contribution in [0.4, 0.5) is 4.39 Å². The fraction of sp³-hybridized carbons (Fsp3) is 0.320. The van der Waals surface area contributed by atoms with E-state index in [-0.39, 0.29) is 12.4 Å². The van der Waals surface area contributed by atoms with E-state index < -0.39 is 11.8 Å². The van der Waals surface area contributed by atoms with E-state index in [0.29, 0.717) is 34.7 Å². The summed E-state index contributed by atoms with van der Waals surface area (Å²) in [6, 6.07) is 8.47. The molecule has 0 N–H and O–H groups in total. The van der Waals surface area contributed by atoms with Crippen LogP contribution in [0, 0.1) is 12.7 Å². The van der Waals surface area contributed by atoms with Gasteiger partial charge in [-0.3, -0.25) is 0 Å². The molecular formula is C25H26FNO5. The number of hydrogen-bond acceptors (Lipinski definition) is 5. The van der Waals surface area contributed by atoms with Crippen LogP contribution in [0.2, 0.25) is 0 Å². The lowest BCUT2D eigenvalue weighted by Gasteiger charge is -2.23. The highest BCUT2D eigenvalue weighted by molar-refractivity contribution is 6.05. The smallest absolute Gasteiger partial charge is 0.340 e. The lowest BCUT2D eigenvalue weighted by Crippen LogP contribution is -2.15. The van der Waals surface area contributed by atoms with E-state index >= 15 is 0 Å². The van der Waals surface area contributed by atoms with Crippen LogP contribution in [-0.2, 0) is 17.7 Å². The first-order valence-electron chi connectivity index (χ1n) is 10.4. The zero-order chi connectivity index (χ0) is 23.0. The third-order valence-electron chi connectivity index (χ3n) is 5.91. The zero-order valence-electron chi connectivity index (χ0n) is 18.9. The first kappa shape index (κ1) is 21.7. The molecule has 1 aliphatic heterocycles. The van der Waals surface area contributed by atoms with Crippen molar-refractivity contribution in [3.05, 3.63) is 53.0 Å². The average molecular weight is 439 g/mol. The summed E-state index contributed by atoms with van der Waals surface area (Å²) < 4.78 is 37.8. The Hall–Kier alpha value is -3.48. The Labute approximate surface area is 186 Å². The van der Waals surface area contributed by atoms with Crippen molar-refractivity contribution in [1.82, 2.24) is 4.57 Å². The highest BCUT2D eigenvalue weighted by Crippen LogP contribution is 2.45. The molecule has 0 saturated heterocycles. The summed E-state index contributed by atoms with van der Waals surface area (Å²) in [6.07, 6.45) is 0.770. The molecule has 0 spiro atoms. The maximum absolute atomic E-state index is 14.1. The Morgan fingerprint density at radius 2 is 1.72 bits per heavy atom. The number of halogens is 1. The van der Waals surface area contributed by atoms with Crippen molar-refractivity contribution in [1.29, 1.82) is 0 Å². The summed E-state index contributed by atoms with van der Waals surface area (Å²) in [5, 5.41) is 0. The number of rotatable bonds is 6. The number of carbonyl (C=O) groups is 1. The predicted molar refractivity (Wildman–Crippen MR) is 119 cm³/mol. The second-order valence-electron chi connectivity index (χ2n) is 7.52. The van der Waals surface area contributed by atoms with E-state index in [1.165, 1.54) is 13.2 Å². The van der Waals surface area contributed by atoms with Gasteiger partial charge < -0.3 is 23.5 Å². The molecule has 1 aromatic heterocycles. The lowest BCUT2D eigenvalue weighted by molar-refractivity contribution is 0.0528. The van der Waals surface area contributed by atoms with Gasteiger partial charge in [-0.15, -0.1) is 0 Å². The van der Waals surface area contributed by atoms with Crippen LogP contribution in [0.1, 0.15) is 28.5 Å². The van der Waals surface area contributed by atoms with Crippen LogP contribution < -0.4 is 14.2 Å². The molecule has 2 aromatic carbocycles. The number of benzene rings is 2. The van der Waals surface area contributed by atoms with Gasteiger partial charge in [0.2, 0.25) is 0 Å². The monoisotopic (exact) mass is 439 g/mol. The fourth-order valence-corrected chi connectivity index (χ4v) is 4.45. The number of nitrogens with zero attached hydrogens (tertiary/aromatic N) is 1. The van der Waals surface area contributed by atoms with E-state index in [4.69, 9.17) is 18.9 Å². The summed E-state index contributed by atoms with van der Waals surface area (Å²) in [5.41, 5.74) is 5.46. The highest BCUT2D eigenvalue weighted by Gasteiger charge is 2.32. The molecule has 2 heterocycles. The van der Waals surface area contributed by atoms with E-state index in [9.17, 15) is 9.18 Å². The zero-order valence-corrected chi connectivity index (χ0v) is 18.9. The molecule has 32 heavy (non-hydrogen) atoms. The van der Waals surface area contributed by atoms with Gasteiger partial charge in [0.1, 0.15) is 0 Å². The molecule has 1 aliphatic rings. The number of ether oxygens (including phenoxy) is 4. The minimum atomic E-state index is -0.460. The van der Waals surface area contributed by atoms with Gasteiger partial charge in [0, 0.05) is 23.4 Å². The minimum absolute atomic E-state index is 0.118. The number of carbonyl (C=O) groups excluding carboxylic acids is 1. The van der Waals surface area contributed by atoms with E-state index in [1.807, 2.05) is 19.1 Å². The van der Waals surface area contributed by atoms with Crippen molar-refractivity contribution in [3.8, 4) is 39.6 Å². The number of methoxy groups -OCH3 is 3. The third kappa shape index (κ3) is 3.38. The van der Waals surface area contributed by atoms with Crippen LogP contribution in [0.3, 0.4) is 0 Å². The van der Waals surface area contributed by atoms with Gasteiger partial charge in [0.25, 0.3) is 0 Å². The molecule has 0 atom stereocenters. The second-order valence-corrected chi connectivity index (χ2v) is 7.52. The van der Waals surface area contributed by atoms with Crippen molar-refractivity contribution in [3.63, 3.8) is 0 Å². The molecule has 0 amide bonds. The number of esters is 1. The van der Waals surface area contributed by atoms with Crippen molar-refractivity contribution in [2.75, 3.05) is 27.9 Å². The van der Waals surface area contributed by atoms with E-state index in [0.717, 1.165) is 28.9 Å². The standard InChI is InChI=1S/C25H26FNO5/c1-6-32-25(28)23-22(16-7-8-18(26)19(12-16)29-3)14(2)27-10-9-15-11-20(30-4)21(31-5)13-17(15)24(23)27/h7-8,11-13H,6,9-10H2,1-5H3. The summed E-state index contributed by atoms with van der Waals surface area (Å²) in [6.45, 7) is 4.67. The highest BCUT2D eigenvalue weighted by atomic mass is 19.1. The van der Waals surface area contributed by atoms with Crippen molar-refractivity contribution < 1.29 is 28.1 Å². The van der Waals surface area contributed by atoms with Crippen molar-refractivity contribution >= 4 is 5.97 Å². The van der Waals surface area contributed by atoms with Crippen LogP contribution in [0.15, 0.2) is 30.3 Å². The summed E-state index contributed by atoms with van der Waals surface area (Å²) in [5.74, 6) is 0.457. The quantitative estimate of drug-likeness (QED) is 0.505. The Morgan fingerprint density at radius 3 is 2.38 bits per heavy atom. The Morgan fingerprint density at radius 1 is 1.03 bits per heavy atom. The number of aryl methyl sites for hydroxylation is 1. The van der Waals surface area contributed by atoms with Crippen LogP contribution in [0.25, 0.3) is 22.4 Å². The topological polar surface area (TPSA) is 58.9 Å². The molecule has 0 bridgehead atoms. The molecule has 0 aliphatic carbocycles. The van der Waals surface area contributed by atoms with Gasteiger partial charge in [0.15, 0.2) is 23.1 Å². The molecule has 0 radical (unpaired) electrons. The van der Waals surface area contributed by atoms with Gasteiger partial charge in [-0.1, -0.05) is 6.07 Å². The molecule has 0 unspecified atom stereocenters. The summed E-state index contributed by atoms with van der Waals surface area (Å²) >= 11 is 0. The number of hydrogen-bond donors (Lipinski definition) is 0. The van der Waals surface area contributed by atoms with Crippen LogP contribution >= 0.6 is 0 Å². The third-order valence-corrected chi connectivity index (χ3v) is 5.91. The molecule has 6 nitrogen and oxygen atoms in total. The van der Waals surface area contributed by atoms with Crippen molar-refractivity contribution in [2.24, 2.45) is 0 Å². The normalized spacial score (nSPS) is 12.1. The predicted octanol–water partition coefficient (Wildman–Crippen LogP) is 5.03. The van der Waals surface area contributed by atoms with Gasteiger partial charge in [-0.05, 0) is 55.7 Å². The molecule has 168 valence electrons. The first-order valence-corrected chi connectivity index (χ1v) is 10.4. The molecule has 0 fully saturated rings. The molecule has 3 aromatic rings. The second kappa shape index (κ2) is 8.57. The molecule has 4 rings (SSSR count). The Kier molecular flexibility index (Phi) is 5.82. The largest absolute Gasteiger partial charge is 0.494 e. The number of aromatic nitrogens is 1. The maximum atomic E-state index is 14.1. The van der Waals surface area contributed by atoms with Crippen LogP contribution in [0.5, 0.6) is 17.2 Å². The van der Waals surface area contributed by atoms with Gasteiger partial charge >= 0.3 is 5.97 Å². The Balaban J connectivity index is 2.04. The van der Waals surface area contributed by atoms with E-state index in [2.05, 4.69) is 4.57 Å². The molecule has 7 heteroatoms. The number of fused-ring (bicyclic) bond motifs is 3. The molecule has 0 saturated carbocycles. The first-order chi connectivity index (χ1) is 15.4. The van der Waals surface area contributed by atoms with Gasteiger partial charge in [0.05, 0.1) is 39.2 Å². The van der Waals surface area contributed by atoms with Crippen LogP contribution in [-0.4, -0.2) is 38.5 Å². The fourth-order valence-electron chi connectivity index (χ4n) is 4.45. The van der Waals surface area contributed by atoms with Gasteiger partial charge in [-0.2, -0.15) is 0 Å². The average Bonchev–Trinajstić information content (AvgIpc) is 3.11. The summed E-state index contributed by atoms with van der Waals surface area (Å²) in [4.78, 5) is 13.2.